The molecule has 0 amide bonds. The average Bonchev–Trinajstić information content (AvgIpc) is 3.79. The van der Waals surface area contributed by atoms with Crippen molar-refractivity contribution < 1.29 is 4.42 Å². The van der Waals surface area contributed by atoms with Crippen LogP contribution < -0.4 is 0 Å². The Labute approximate surface area is 311 Å². The minimum atomic E-state index is 0.552. The predicted molar refractivity (Wildman–Crippen MR) is 224 cm³/mol. The minimum absolute atomic E-state index is 0.552. The summed E-state index contributed by atoms with van der Waals surface area (Å²) in [5.74, 6) is 1.78. The van der Waals surface area contributed by atoms with E-state index >= 15 is 0 Å². The number of hydrogen-bond donors (Lipinski definition) is 0. The summed E-state index contributed by atoms with van der Waals surface area (Å²) >= 11 is 0. The van der Waals surface area contributed by atoms with Gasteiger partial charge in [-0.05, 0) is 45.8 Å². The summed E-state index contributed by atoms with van der Waals surface area (Å²) in [4.78, 5) is 15.7. The number of para-hydroxylation sites is 3. The molecular formula is C49H34N4O. The molecule has 5 nitrogen and oxygen atoms in total. The lowest BCUT2D eigenvalue weighted by Crippen LogP contribution is -2.07. The van der Waals surface area contributed by atoms with Crippen LogP contribution in [0.2, 0.25) is 0 Å². The van der Waals surface area contributed by atoms with E-state index in [0.29, 0.717) is 17.6 Å². The maximum absolute atomic E-state index is 6.61. The summed E-state index contributed by atoms with van der Waals surface area (Å²) in [5, 5.41) is 9.05. The lowest BCUT2D eigenvalue weighted by molar-refractivity contribution is 0.670. The molecule has 0 unspecified atom stereocenters. The Balaban J connectivity index is 0.00000178. The number of fused-ring (bicyclic) bond motifs is 8. The fourth-order valence-electron chi connectivity index (χ4n) is 7.77. The number of rotatable bonds is 4. The molecule has 0 N–H and O–H groups in total. The van der Waals surface area contributed by atoms with Gasteiger partial charge in [0, 0.05) is 43.8 Å². The Bertz CT molecular complexity index is 3190. The first-order valence-electron chi connectivity index (χ1n) is 18.4. The van der Waals surface area contributed by atoms with E-state index in [4.69, 9.17) is 19.4 Å². The Kier molecular flexibility index (Phi) is 7.51. The van der Waals surface area contributed by atoms with Crippen molar-refractivity contribution in [1.29, 1.82) is 0 Å². The smallest absolute Gasteiger partial charge is 0.238 e. The molecule has 11 rings (SSSR count). The van der Waals surface area contributed by atoms with Crippen LogP contribution in [0, 0.1) is 0 Å². The average molecular weight is 695 g/mol. The molecule has 0 atom stereocenters. The van der Waals surface area contributed by atoms with Crippen LogP contribution in [0.4, 0.5) is 0 Å². The molecule has 3 heterocycles. The Morgan fingerprint density at radius 3 is 1.83 bits per heavy atom. The normalized spacial score (nSPS) is 11.5. The van der Waals surface area contributed by atoms with E-state index in [9.17, 15) is 0 Å². The van der Waals surface area contributed by atoms with Crippen molar-refractivity contribution in [3.8, 4) is 39.9 Å². The summed E-state index contributed by atoms with van der Waals surface area (Å²) in [6.07, 6.45) is 0. The Morgan fingerprint density at radius 1 is 0.426 bits per heavy atom. The van der Waals surface area contributed by atoms with Gasteiger partial charge in [-0.25, -0.2) is 4.98 Å². The number of aromatic nitrogens is 4. The van der Waals surface area contributed by atoms with Crippen molar-refractivity contribution in [3.05, 3.63) is 170 Å². The zero-order valence-corrected chi connectivity index (χ0v) is 29.9. The molecule has 0 aliphatic heterocycles. The summed E-state index contributed by atoms with van der Waals surface area (Å²) in [6.45, 7) is 4.00. The van der Waals surface area contributed by atoms with E-state index in [1.807, 2.05) is 44.2 Å². The maximum atomic E-state index is 6.61. The van der Waals surface area contributed by atoms with Gasteiger partial charge in [-0.15, -0.1) is 0 Å². The fraction of sp³-hybridized carbons (Fsp3) is 0.0408. The van der Waals surface area contributed by atoms with Gasteiger partial charge in [0.1, 0.15) is 11.2 Å². The highest BCUT2D eigenvalue weighted by molar-refractivity contribution is 6.19. The minimum Gasteiger partial charge on any atom is -0.455 e. The van der Waals surface area contributed by atoms with Crippen molar-refractivity contribution in [2.45, 2.75) is 13.8 Å². The fourth-order valence-corrected chi connectivity index (χ4v) is 7.77. The van der Waals surface area contributed by atoms with Crippen LogP contribution in [-0.4, -0.2) is 19.5 Å². The van der Waals surface area contributed by atoms with Gasteiger partial charge in [0.25, 0.3) is 0 Å². The van der Waals surface area contributed by atoms with Crippen LogP contribution in [0.5, 0.6) is 0 Å². The zero-order chi connectivity index (χ0) is 36.2. The van der Waals surface area contributed by atoms with Gasteiger partial charge in [0.05, 0.1) is 11.0 Å². The molecule has 0 fully saturated rings. The van der Waals surface area contributed by atoms with Crippen LogP contribution >= 0.6 is 0 Å². The van der Waals surface area contributed by atoms with Crippen molar-refractivity contribution >= 4 is 65.3 Å². The van der Waals surface area contributed by atoms with Crippen molar-refractivity contribution in [2.75, 3.05) is 0 Å². The van der Waals surface area contributed by atoms with E-state index in [-0.39, 0.29) is 0 Å². The lowest BCUT2D eigenvalue weighted by Gasteiger charge is -2.13. The molecule has 0 aliphatic carbocycles. The molecule has 0 saturated carbocycles. The Hall–Kier alpha value is -7.11. The molecule has 0 bridgehead atoms. The first kappa shape index (κ1) is 31.6. The maximum Gasteiger partial charge on any atom is 0.238 e. The van der Waals surface area contributed by atoms with E-state index in [1.165, 1.54) is 10.8 Å². The van der Waals surface area contributed by atoms with Gasteiger partial charge in [0.15, 0.2) is 11.6 Å². The third-order valence-corrected chi connectivity index (χ3v) is 10.2. The third kappa shape index (κ3) is 5.05. The molecule has 3 aromatic heterocycles. The van der Waals surface area contributed by atoms with Crippen LogP contribution in [0.15, 0.2) is 174 Å². The highest BCUT2D eigenvalue weighted by atomic mass is 16.3. The number of nitrogens with zero attached hydrogens (tertiary/aromatic N) is 4. The first-order chi connectivity index (χ1) is 26.8. The Morgan fingerprint density at radius 2 is 1.04 bits per heavy atom. The van der Waals surface area contributed by atoms with Crippen molar-refractivity contribution in [1.82, 2.24) is 19.5 Å². The second kappa shape index (κ2) is 12.8. The van der Waals surface area contributed by atoms with E-state index in [1.54, 1.807) is 0 Å². The predicted octanol–water partition coefficient (Wildman–Crippen LogP) is 13.2. The lowest BCUT2D eigenvalue weighted by atomic mass is 9.99. The van der Waals surface area contributed by atoms with Crippen LogP contribution in [0.25, 0.3) is 105 Å². The SMILES string of the molecule is CC.c1ccc(-c2nc(-c3ccc4ccccc4c3)nc(-n3c4cc5ccccc5cc4c4cccc(-c5cccc6c5oc5ccccc56)c43)n2)cc1. The van der Waals surface area contributed by atoms with E-state index in [0.717, 1.165) is 76.8 Å². The molecule has 8 aromatic carbocycles. The van der Waals surface area contributed by atoms with Crippen molar-refractivity contribution in [3.63, 3.8) is 0 Å². The van der Waals surface area contributed by atoms with Crippen LogP contribution in [0.3, 0.4) is 0 Å². The van der Waals surface area contributed by atoms with Crippen molar-refractivity contribution in [2.24, 2.45) is 0 Å². The van der Waals surface area contributed by atoms with Crippen LogP contribution in [0.1, 0.15) is 13.8 Å². The molecule has 5 heteroatoms. The topological polar surface area (TPSA) is 56.7 Å². The highest BCUT2D eigenvalue weighted by Crippen LogP contribution is 2.43. The first-order valence-corrected chi connectivity index (χ1v) is 18.4. The second-order valence-electron chi connectivity index (χ2n) is 13.2. The number of hydrogen-bond acceptors (Lipinski definition) is 4. The second-order valence-corrected chi connectivity index (χ2v) is 13.2. The van der Waals surface area contributed by atoms with Crippen LogP contribution in [-0.2, 0) is 0 Å². The summed E-state index contributed by atoms with van der Waals surface area (Å²) in [5.41, 5.74) is 7.66. The molecule has 0 aliphatic rings. The number of furan rings is 1. The molecule has 0 spiro atoms. The van der Waals surface area contributed by atoms with Gasteiger partial charge >= 0.3 is 0 Å². The largest absolute Gasteiger partial charge is 0.455 e. The standard InChI is InChI=1S/C47H28N4O.C2H6/c1-2-13-30(14-3-1)45-48-46(34-25-24-29-12-4-5-15-31(29)26-34)50-47(49-45)51-41-28-33-17-7-6-16-32(33)27-40(41)37-20-10-19-36(43(37)51)39-22-11-21-38-35-18-8-9-23-42(35)52-44(38)39;1-2/h1-28H;1-2H3. The van der Waals surface area contributed by atoms with Gasteiger partial charge in [0.2, 0.25) is 5.95 Å². The molecule has 54 heavy (non-hydrogen) atoms. The summed E-state index contributed by atoms with van der Waals surface area (Å²) < 4.78 is 8.84. The quantitative estimate of drug-likeness (QED) is 0.184. The monoisotopic (exact) mass is 694 g/mol. The summed E-state index contributed by atoms with van der Waals surface area (Å²) in [7, 11) is 0. The van der Waals surface area contributed by atoms with Gasteiger partial charge in [-0.1, -0.05) is 159 Å². The number of benzene rings is 8. The highest BCUT2D eigenvalue weighted by Gasteiger charge is 2.23. The molecule has 11 aromatic rings. The van der Waals surface area contributed by atoms with Gasteiger partial charge in [-0.3, -0.25) is 4.57 Å². The van der Waals surface area contributed by atoms with Gasteiger partial charge < -0.3 is 4.42 Å². The molecule has 0 radical (unpaired) electrons. The van der Waals surface area contributed by atoms with E-state index in [2.05, 4.69) is 144 Å². The molecule has 0 saturated heterocycles. The third-order valence-electron chi connectivity index (χ3n) is 10.2. The molecular weight excluding hydrogens is 661 g/mol. The van der Waals surface area contributed by atoms with E-state index < -0.39 is 0 Å². The van der Waals surface area contributed by atoms with Gasteiger partial charge in [-0.2, -0.15) is 9.97 Å². The molecule has 256 valence electrons. The summed E-state index contributed by atoms with van der Waals surface area (Å²) in [6, 6.07) is 59.2. The zero-order valence-electron chi connectivity index (χ0n) is 29.9.